The molecule has 2 aliphatic rings. The average molecular weight is 640 g/mol. The van der Waals surface area contributed by atoms with Crippen molar-refractivity contribution in [2.75, 3.05) is 26.2 Å². The number of nitrogens with two attached hydrogens (primary N) is 1. The molecule has 236 valence electrons. The SMILES string of the molecule is Cc1nc2c(s1)CN(C(=O)[C@@H](N)CC(=O)N1CCN(C(c3ccc(F)cc3)c3ccc(F)cc3)CC1)C2.O=C(O)C(F)(F)F. The minimum absolute atomic E-state index is 0.0468. The number of halogens is 5. The van der Waals surface area contributed by atoms with Crippen molar-refractivity contribution in [3.05, 3.63) is 86.9 Å². The number of piperazine rings is 1. The molecule has 1 fully saturated rings. The number of fused-ring (bicyclic) bond motifs is 1. The van der Waals surface area contributed by atoms with Gasteiger partial charge in [0.05, 0.1) is 42.3 Å². The maximum absolute atomic E-state index is 13.6. The number of hydrogen-bond donors (Lipinski definition) is 2. The molecule has 0 saturated carbocycles. The van der Waals surface area contributed by atoms with Crippen LogP contribution < -0.4 is 5.73 Å². The third kappa shape index (κ3) is 8.15. The fourth-order valence-corrected chi connectivity index (χ4v) is 6.06. The Hall–Kier alpha value is -3.95. The number of alkyl halides is 3. The summed E-state index contributed by atoms with van der Waals surface area (Å²) in [5.74, 6) is -3.78. The Kier molecular flexibility index (Phi) is 10.3. The molecule has 2 aromatic carbocycles. The van der Waals surface area contributed by atoms with Crippen molar-refractivity contribution in [1.29, 1.82) is 0 Å². The van der Waals surface area contributed by atoms with Gasteiger partial charge in [-0.2, -0.15) is 13.2 Å². The summed E-state index contributed by atoms with van der Waals surface area (Å²) in [7, 11) is 0. The second-order valence-electron chi connectivity index (χ2n) is 10.3. The zero-order valence-electron chi connectivity index (χ0n) is 23.6. The monoisotopic (exact) mass is 639 g/mol. The molecule has 15 heteroatoms. The lowest BCUT2D eigenvalue weighted by molar-refractivity contribution is -0.192. The first-order valence-corrected chi connectivity index (χ1v) is 14.4. The maximum Gasteiger partial charge on any atom is 0.490 e. The first kappa shape index (κ1) is 33.0. The number of amides is 2. The molecule has 1 saturated heterocycles. The third-order valence-electron chi connectivity index (χ3n) is 7.23. The van der Waals surface area contributed by atoms with Crippen molar-refractivity contribution < 1.29 is 41.4 Å². The van der Waals surface area contributed by atoms with E-state index in [1.54, 1.807) is 45.4 Å². The van der Waals surface area contributed by atoms with Gasteiger partial charge in [0.15, 0.2) is 0 Å². The van der Waals surface area contributed by atoms with Crippen LogP contribution in [0.1, 0.15) is 39.2 Å². The Morgan fingerprint density at radius 3 is 1.86 bits per heavy atom. The molecule has 9 nitrogen and oxygen atoms in total. The normalized spacial score (nSPS) is 15.9. The van der Waals surface area contributed by atoms with Gasteiger partial charge in [0.25, 0.3) is 0 Å². The first-order chi connectivity index (χ1) is 20.7. The fourth-order valence-electron chi connectivity index (χ4n) is 5.10. The predicted molar refractivity (Wildman–Crippen MR) is 150 cm³/mol. The van der Waals surface area contributed by atoms with Crippen molar-refractivity contribution >= 4 is 29.1 Å². The molecule has 44 heavy (non-hydrogen) atoms. The van der Waals surface area contributed by atoms with Crippen molar-refractivity contribution in [2.45, 2.75) is 44.7 Å². The lowest BCUT2D eigenvalue weighted by Crippen LogP contribution is -2.52. The van der Waals surface area contributed by atoms with Crippen molar-refractivity contribution in [1.82, 2.24) is 19.7 Å². The van der Waals surface area contributed by atoms with E-state index in [4.69, 9.17) is 15.6 Å². The van der Waals surface area contributed by atoms with Crippen LogP contribution in [0.2, 0.25) is 0 Å². The number of aliphatic carboxylic acids is 1. The maximum atomic E-state index is 13.6. The van der Waals surface area contributed by atoms with Crippen LogP contribution in [0.4, 0.5) is 22.0 Å². The van der Waals surface area contributed by atoms with Crippen LogP contribution in [0.15, 0.2) is 48.5 Å². The number of benzene rings is 2. The lowest BCUT2D eigenvalue weighted by Gasteiger charge is -2.40. The predicted octanol–water partition coefficient (Wildman–Crippen LogP) is 3.86. The molecular weight excluding hydrogens is 609 g/mol. The van der Waals surface area contributed by atoms with E-state index in [1.165, 1.54) is 24.3 Å². The number of thiazole rings is 1. The quantitative estimate of drug-likeness (QED) is 0.393. The largest absolute Gasteiger partial charge is 0.490 e. The second-order valence-corrected chi connectivity index (χ2v) is 11.6. The number of hydrogen-bond acceptors (Lipinski definition) is 7. The van der Waals surface area contributed by atoms with Gasteiger partial charge in [-0.05, 0) is 42.3 Å². The van der Waals surface area contributed by atoms with Crippen LogP contribution in [0.5, 0.6) is 0 Å². The van der Waals surface area contributed by atoms with Crippen LogP contribution in [0.3, 0.4) is 0 Å². The minimum Gasteiger partial charge on any atom is -0.475 e. The van der Waals surface area contributed by atoms with Gasteiger partial charge in [-0.25, -0.2) is 18.6 Å². The second kappa shape index (κ2) is 13.8. The van der Waals surface area contributed by atoms with Crippen molar-refractivity contribution in [3.8, 4) is 0 Å². The highest BCUT2D eigenvalue weighted by Gasteiger charge is 2.38. The Morgan fingerprint density at radius 1 is 0.909 bits per heavy atom. The van der Waals surface area contributed by atoms with Crippen molar-refractivity contribution in [3.63, 3.8) is 0 Å². The molecule has 5 rings (SSSR count). The summed E-state index contributed by atoms with van der Waals surface area (Å²) in [5, 5.41) is 8.11. The summed E-state index contributed by atoms with van der Waals surface area (Å²) in [5.41, 5.74) is 8.87. The van der Waals surface area contributed by atoms with Gasteiger partial charge in [-0.1, -0.05) is 24.3 Å². The summed E-state index contributed by atoms with van der Waals surface area (Å²) in [6.07, 6.45) is -5.13. The lowest BCUT2D eigenvalue weighted by atomic mass is 9.96. The Bertz CT molecular complexity index is 1410. The van der Waals surface area contributed by atoms with Crippen LogP contribution in [0.25, 0.3) is 0 Å². The van der Waals surface area contributed by atoms with Crippen LogP contribution in [-0.2, 0) is 27.5 Å². The van der Waals surface area contributed by atoms with Gasteiger partial charge in [0.1, 0.15) is 11.6 Å². The molecule has 2 amide bonds. The number of carboxylic acids is 1. The van der Waals surface area contributed by atoms with Crippen molar-refractivity contribution in [2.24, 2.45) is 5.73 Å². The molecule has 0 radical (unpaired) electrons. The Labute approximate surface area is 253 Å². The van der Waals surface area contributed by atoms with E-state index in [2.05, 4.69) is 9.88 Å². The topological polar surface area (TPSA) is 120 Å². The van der Waals surface area contributed by atoms with Gasteiger partial charge < -0.3 is 20.6 Å². The summed E-state index contributed by atoms with van der Waals surface area (Å²) in [6.45, 7) is 4.98. The van der Waals surface area contributed by atoms with E-state index < -0.39 is 18.2 Å². The summed E-state index contributed by atoms with van der Waals surface area (Å²) < 4.78 is 58.9. The fraction of sp³-hybridized carbons (Fsp3) is 0.379. The number of carbonyl (C=O) groups excluding carboxylic acids is 2. The smallest absolute Gasteiger partial charge is 0.475 e. The first-order valence-electron chi connectivity index (χ1n) is 13.6. The van der Waals surface area contributed by atoms with Gasteiger partial charge >= 0.3 is 12.1 Å². The summed E-state index contributed by atoms with van der Waals surface area (Å²) >= 11 is 1.58. The minimum atomic E-state index is -5.08. The molecule has 2 aliphatic heterocycles. The van der Waals surface area contributed by atoms with E-state index in [0.717, 1.165) is 26.7 Å². The number of rotatable bonds is 6. The third-order valence-corrected chi connectivity index (χ3v) is 8.23. The molecule has 3 heterocycles. The molecule has 1 aromatic heterocycles. The summed E-state index contributed by atoms with van der Waals surface area (Å²) in [4.78, 5) is 45.9. The molecule has 1 atom stereocenters. The Balaban J connectivity index is 0.000000566. The summed E-state index contributed by atoms with van der Waals surface area (Å²) in [6, 6.07) is 11.5. The van der Waals surface area contributed by atoms with Crippen LogP contribution in [-0.4, -0.2) is 81.0 Å². The van der Waals surface area contributed by atoms with E-state index in [-0.39, 0.29) is 35.9 Å². The number of nitrogens with zero attached hydrogens (tertiary/aromatic N) is 4. The number of carbonyl (C=O) groups is 3. The molecular formula is C29H30F5N5O4S. The van der Waals surface area contributed by atoms with Crippen LogP contribution >= 0.6 is 11.3 Å². The molecule has 3 aromatic rings. The van der Waals surface area contributed by atoms with Crippen LogP contribution in [0, 0.1) is 18.6 Å². The van der Waals surface area contributed by atoms with E-state index >= 15 is 0 Å². The highest BCUT2D eigenvalue weighted by atomic mass is 32.1. The molecule has 0 unspecified atom stereocenters. The molecule has 0 bridgehead atoms. The van der Waals surface area contributed by atoms with Gasteiger partial charge in [0, 0.05) is 31.1 Å². The number of aryl methyl sites for hydroxylation is 1. The Morgan fingerprint density at radius 2 is 1.41 bits per heavy atom. The standard InChI is InChI=1S/C27H29F2N5O2S.C2HF3O2/c1-17-31-23-15-34(16-24(23)37-17)27(36)22(30)14-25(35)32-10-12-33(13-11-32)26(18-2-6-20(28)7-3-18)19-4-8-21(29)9-5-19;3-2(4,5)1(6)7/h2-9,22,26H,10-16,30H2,1H3;(H,6,7)/t22-;/m0./s1. The molecule has 3 N–H and O–H groups in total. The van der Waals surface area contributed by atoms with Gasteiger partial charge in [0.2, 0.25) is 11.8 Å². The molecule has 0 aliphatic carbocycles. The highest BCUT2D eigenvalue weighted by molar-refractivity contribution is 7.11. The van der Waals surface area contributed by atoms with Gasteiger partial charge in [-0.15, -0.1) is 11.3 Å². The zero-order valence-corrected chi connectivity index (χ0v) is 24.4. The van der Waals surface area contributed by atoms with E-state index in [1.807, 2.05) is 6.92 Å². The zero-order chi connectivity index (χ0) is 32.2. The van der Waals surface area contributed by atoms with E-state index in [9.17, 15) is 31.5 Å². The molecule has 0 spiro atoms. The van der Waals surface area contributed by atoms with E-state index in [0.29, 0.717) is 39.3 Å². The number of carboxylic acid groups (broad SMARTS) is 1. The van der Waals surface area contributed by atoms with Gasteiger partial charge in [-0.3, -0.25) is 14.5 Å². The average Bonchev–Trinajstić information content (AvgIpc) is 3.52. The number of aromatic nitrogens is 1. The highest BCUT2D eigenvalue weighted by Crippen LogP contribution is 2.31.